The number of nitrogens with zero attached hydrogens (tertiary/aromatic N) is 5. The maximum atomic E-state index is 13.2. The SMILES string of the molecule is COCC1CN(C2=CC(S(=O)NC3(C)CC3)CN(C)/C2=C(Cl)\N=C\c2nnc(C(F)F)s2)CCN1. The van der Waals surface area contributed by atoms with Gasteiger partial charge in [0.1, 0.15) is 11.0 Å². The Labute approximate surface area is 215 Å². The van der Waals surface area contributed by atoms with E-state index in [0.717, 1.165) is 43.0 Å². The summed E-state index contributed by atoms with van der Waals surface area (Å²) in [5.74, 6) is 0. The van der Waals surface area contributed by atoms with Crippen molar-refractivity contribution in [3.8, 4) is 0 Å². The van der Waals surface area contributed by atoms with E-state index in [0.29, 0.717) is 25.4 Å². The Morgan fingerprint density at radius 2 is 2.26 bits per heavy atom. The second kappa shape index (κ2) is 11.3. The zero-order valence-corrected chi connectivity index (χ0v) is 22.2. The first kappa shape index (κ1) is 26.6. The smallest absolute Gasteiger partial charge is 0.291 e. The number of aromatic nitrogens is 2. The van der Waals surface area contributed by atoms with Gasteiger partial charge < -0.3 is 19.9 Å². The van der Waals surface area contributed by atoms with Gasteiger partial charge in [-0.2, -0.15) is 0 Å². The summed E-state index contributed by atoms with van der Waals surface area (Å²) in [6.45, 7) is 5.30. The van der Waals surface area contributed by atoms with Crippen LogP contribution in [0.15, 0.2) is 27.6 Å². The van der Waals surface area contributed by atoms with Crippen molar-refractivity contribution in [1.82, 2.24) is 30.0 Å². The topological polar surface area (TPSA) is 95.0 Å². The molecule has 4 rings (SSSR count). The van der Waals surface area contributed by atoms with Crippen molar-refractivity contribution in [2.75, 3.05) is 46.9 Å². The van der Waals surface area contributed by atoms with Crippen molar-refractivity contribution >= 4 is 40.1 Å². The van der Waals surface area contributed by atoms with Crippen LogP contribution in [0.5, 0.6) is 0 Å². The molecule has 0 bridgehead atoms. The van der Waals surface area contributed by atoms with E-state index in [1.54, 1.807) is 7.11 Å². The molecule has 194 valence electrons. The van der Waals surface area contributed by atoms with Crippen molar-refractivity contribution in [1.29, 1.82) is 0 Å². The molecule has 3 unspecified atom stereocenters. The first-order chi connectivity index (χ1) is 16.7. The Kier molecular flexibility index (Phi) is 8.54. The van der Waals surface area contributed by atoms with Gasteiger partial charge in [-0.3, -0.25) is 0 Å². The number of ether oxygens (including phenoxy) is 1. The molecular weight excluding hydrogens is 520 g/mol. The zero-order valence-electron chi connectivity index (χ0n) is 19.8. The van der Waals surface area contributed by atoms with Crippen molar-refractivity contribution in [3.05, 3.63) is 32.6 Å². The Hall–Kier alpha value is -1.51. The molecule has 9 nitrogen and oxygen atoms in total. The molecule has 2 N–H and O–H groups in total. The summed E-state index contributed by atoms with van der Waals surface area (Å²) in [6.07, 6.45) is 2.70. The van der Waals surface area contributed by atoms with E-state index in [1.165, 1.54) is 6.21 Å². The predicted octanol–water partition coefficient (Wildman–Crippen LogP) is 2.23. The monoisotopic (exact) mass is 549 g/mol. The van der Waals surface area contributed by atoms with Crippen molar-refractivity contribution in [2.45, 2.75) is 43.0 Å². The first-order valence-corrected chi connectivity index (χ1v) is 13.7. The molecule has 0 radical (unpaired) electrons. The van der Waals surface area contributed by atoms with Gasteiger partial charge in [0.05, 0.1) is 29.5 Å². The van der Waals surface area contributed by atoms with Gasteiger partial charge in [-0.25, -0.2) is 22.7 Å². The van der Waals surface area contributed by atoms with E-state index in [2.05, 4.69) is 37.1 Å². The Balaban J connectivity index is 1.64. The summed E-state index contributed by atoms with van der Waals surface area (Å²) in [5.41, 5.74) is 1.47. The molecule has 1 aliphatic carbocycles. The molecule has 3 heterocycles. The molecule has 1 aromatic rings. The first-order valence-electron chi connectivity index (χ1n) is 11.3. The lowest BCUT2D eigenvalue weighted by molar-refractivity contribution is 0.128. The fourth-order valence-corrected chi connectivity index (χ4v) is 6.35. The summed E-state index contributed by atoms with van der Waals surface area (Å²) in [7, 11) is 2.29. The number of aliphatic imine (C=N–C) groups is 1. The van der Waals surface area contributed by atoms with Crippen LogP contribution < -0.4 is 10.0 Å². The van der Waals surface area contributed by atoms with Gasteiger partial charge in [0, 0.05) is 51.9 Å². The second-order valence-electron chi connectivity index (χ2n) is 9.16. The molecular formula is C21H30ClF2N7O2S2. The van der Waals surface area contributed by atoms with Crippen LogP contribution >= 0.6 is 22.9 Å². The van der Waals surface area contributed by atoms with Crippen LogP contribution in [0.4, 0.5) is 8.78 Å². The van der Waals surface area contributed by atoms with Crippen LogP contribution in [0.3, 0.4) is 0 Å². The van der Waals surface area contributed by atoms with Crippen molar-refractivity contribution in [2.24, 2.45) is 4.99 Å². The quantitative estimate of drug-likeness (QED) is 0.360. The van der Waals surface area contributed by atoms with Gasteiger partial charge in [0.25, 0.3) is 6.43 Å². The Bertz CT molecular complexity index is 1030. The summed E-state index contributed by atoms with van der Waals surface area (Å²) < 4.78 is 47.4. The fraction of sp³-hybridized carbons (Fsp3) is 0.667. The molecule has 3 aliphatic rings. The average Bonchev–Trinajstić information content (AvgIpc) is 3.34. The van der Waals surface area contributed by atoms with Crippen LogP contribution in [-0.2, 0) is 15.7 Å². The maximum absolute atomic E-state index is 13.2. The van der Waals surface area contributed by atoms with E-state index in [-0.39, 0.29) is 32.0 Å². The summed E-state index contributed by atoms with van der Waals surface area (Å²) >= 11 is 7.45. The van der Waals surface area contributed by atoms with E-state index < -0.39 is 17.4 Å². The average molecular weight is 550 g/mol. The number of hydrogen-bond donors (Lipinski definition) is 2. The second-order valence-corrected chi connectivity index (χ2v) is 12.0. The molecule has 2 fully saturated rings. The molecule has 35 heavy (non-hydrogen) atoms. The van der Waals surface area contributed by atoms with Gasteiger partial charge in [0.2, 0.25) is 0 Å². The molecule has 0 aromatic carbocycles. The minimum atomic E-state index is -2.68. The molecule has 2 aliphatic heterocycles. The highest BCUT2D eigenvalue weighted by molar-refractivity contribution is 7.84. The fourth-order valence-electron chi connectivity index (χ4n) is 4.04. The van der Waals surface area contributed by atoms with Crippen LogP contribution in [0.2, 0.25) is 0 Å². The maximum Gasteiger partial charge on any atom is 0.291 e. The van der Waals surface area contributed by atoms with Crippen LogP contribution in [0.25, 0.3) is 0 Å². The summed E-state index contributed by atoms with van der Waals surface area (Å²) in [5, 5.41) is 10.5. The van der Waals surface area contributed by atoms with E-state index in [1.807, 2.05) is 18.0 Å². The number of likely N-dealkylation sites (N-methyl/N-ethyl adjacent to an activating group) is 1. The van der Waals surface area contributed by atoms with Crippen molar-refractivity contribution < 1.29 is 17.7 Å². The largest absolute Gasteiger partial charge is 0.383 e. The molecule has 1 saturated heterocycles. The van der Waals surface area contributed by atoms with Gasteiger partial charge in [-0.15, -0.1) is 10.2 Å². The Morgan fingerprint density at radius 3 is 2.91 bits per heavy atom. The normalized spacial score (nSPS) is 26.9. The number of piperazine rings is 1. The molecule has 0 amide bonds. The number of nitrogens with one attached hydrogen (secondary N) is 2. The third kappa shape index (κ3) is 6.63. The van der Waals surface area contributed by atoms with Gasteiger partial charge in [-0.05, 0) is 25.8 Å². The predicted molar refractivity (Wildman–Crippen MR) is 134 cm³/mol. The highest BCUT2D eigenvalue weighted by atomic mass is 35.5. The lowest BCUT2D eigenvalue weighted by Crippen LogP contribution is -2.54. The van der Waals surface area contributed by atoms with Gasteiger partial charge >= 0.3 is 0 Å². The van der Waals surface area contributed by atoms with Crippen molar-refractivity contribution in [3.63, 3.8) is 0 Å². The van der Waals surface area contributed by atoms with Crippen LogP contribution in [0.1, 0.15) is 36.2 Å². The van der Waals surface area contributed by atoms with Gasteiger partial charge in [0.15, 0.2) is 15.2 Å². The number of halogens is 3. The Morgan fingerprint density at radius 1 is 1.49 bits per heavy atom. The molecule has 1 saturated carbocycles. The van der Waals surface area contributed by atoms with E-state index in [9.17, 15) is 13.0 Å². The lowest BCUT2D eigenvalue weighted by atomic mass is 10.1. The number of alkyl halides is 2. The highest BCUT2D eigenvalue weighted by Crippen LogP contribution is 2.36. The minimum Gasteiger partial charge on any atom is -0.383 e. The number of rotatable bonds is 9. The molecule has 3 atom stereocenters. The summed E-state index contributed by atoms with van der Waals surface area (Å²) in [4.78, 5) is 8.47. The lowest BCUT2D eigenvalue weighted by Gasteiger charge is -2.42. The molecule has 14 heteroatoms. The van der Waals surface area contributed by atoms with E-state index >= 15 is 0 Å². The number of methoxy groups -OCH3 is 1. The standard InChI is InChI=1S/C21H30ClF2N7O2S2/c1-21(4-5-21)29-35(32)14-8-15(31-7-6-25-13(10-31)12-33-3)17(30(2)11-14)18(22)26-9-16-27-28-20(34-16)19(23)24/h8-9,13-14,19,25,29H,4-7,10-12H2,1-3H3/b18-17-,26-9+. The minimum absolute atomic E-state index is 0.0626. The number of hydrogen-bond acceptors (Lipinski definition) is 9. The third-order valence-corrected chi connectivity index (χ3v) is 8.81. The summed E-state index contributed by atoms with van der Waals surface area (Å²) in [6, 6.07) is 0.131. The van der Waals surface area contributed by atoms with Gasteiger partial charge in [-0.1, -0.05) is 22.9 Å². The zero-order chi connectivity index (χ0) is 25.2. The molecule has 1 aromatic heterocycles. The van der Waals surface area contributed by atoms with Crippen LogP contribution in [-0.4, -0.2) is 94.2 Å². The highest BCUT2D eigenvalue weighted by Gasteiger charge is 2.41. The van der Waals surface area contributed by atoms with E-state index in [4.69, 9.17) is 16.3 Å². The third-order valence-electron chi connectivity index (χ3n) is 6.13. The molecule has 0 spiro atoms. The van der Waals surface area contributed by atoms with Crippen LogP contribution in [0, 0.1) is 0 Å².